The van der Waals surface area contributed by atoms with E-state index >= 15 is 0 Å². The zero-order valence-corrected chi connectivity index (χ0v) is 12.7. The number of benzene rings is 2. The first-order valence-electron chi connectivity index (χ1n) is 4.50. The molecule has 2 heterocycles. The van der Waals surface area contributed by atoms with Gasteiger partial charge in [-0.25, -0.2) is 0 Å². The fourth-order valence-electron chi connectivity index (χ4n) is 1.95. The van der Waals surface area contributed by atoms with Gasteiger partial charge in [0.05, 0.1) is 0 Å². The SMILES string of the molecule is Sc1cc2c3c(c(S)cc4c3c1SS4)SS2. The Morgan fingerprint density at radius 2 is 1.12 bits per heavy atom. The van der Waals surface area contributed by atoms with Gasteiger partial charge in [-0.15, -0.1) is 25.3 Å². The molecule has 0 spiro atoms. The van der Waals surface area contributed by atoms with Crippen molar-refractivity contribution in [2.24, 2.45) is 0 Å². The lowest BCUT2D eigenvalue weighted by Crippen LogP contribution is -1.82. The van der Waals surface area contributed by atoms with Crippen LogP contribution in [-0.2, 0) is 0 Å². The average molecular weight is 317 g/mol. The summed E-state index contributed by atoms with van der Waals surface area (Å²) in [6.45, 7) is 0. The van der Waals surface area contributed by atoms with Gasteiger partial charge in [-0.05, 0) is 12.1 Å². The Bertz CT molecular complexity index is 591. The van der Waals surface area contributed by atoms with Crippen LogP contribution in [0.4, 0.5) is 0 Å². The molecule has 4 rings (SSSR count). The molecule has 2 aromatic rings. The smallest absolute Gasteiger partial charge is 0.0410 e. The van der Waals surface area contributed by atoms with E-state index in [0.29, 0.717) is 0 Å². The Morgan fingerprint density at radius 1 is 0.688 bits per heavy atom. The van der Waals surface area contributed by atoms with Gasteiger partial charge in [-0.3, -0.25) is 0 Å². The van der Waals surface area contributed by atoms with Gasteiger partial charge in [-0.2, -0.15) is 0 Å². The van der Waals surface area contributed by atoms with Crippen molar-refractivity contribution in [3.8, 4) is 0 Å². The Balaban J connectivity index is 2.32. The summed E-state index contributed by atoms with van der Waals surface area (Å²) < 4.78 is 0. The summed E-state index contributed by atoms with van der Waals surface area (Å²) in [6.07, 6.45) is 0. The predicted octanol–water partition coefficient (Wildman–Crippen LogP) is 5.64. The highest BCUT2D eigenvalue weighted by molar-refractivity contribution is 8.77. The highest BCUT2D eigenvalue weighted by Crippen LogP contribution is 2.62. The van der Waals surface area contributed by atoms with E-state index in [0.717, 1.165) is 9.79 Å². The summed E-state index contributed by atoms with van der Waals surface area (Å²) >= 11 is 9.17. The van der Waals surface area contributed by atoms with Crippen LogP contribution < -0.4 is 0 Å². The third kappa shape index (κ3) is 1.29. The first-order valence-corrected chi connectivity index (χ1v) is 9.70. The van der Waals surface area contributed by atoms with Crippen molar-refractivity contribution in [1.29, 1.82) is 0 Å². The first kappa shape index (κ1) is 10.7. The molecule has 80 valence electrons. The van der Waals surface area contributed by atoms with Crippen LogP contribution >= 0.6 is 68.4 Å². The Hall–Kier alpha value is 0.800. The van der Waals surface area contributed by atoms with Gasteiger partial charge in [0.25, 0.3) is 0 Å². The molecule has 0 nitrogen and oxygen atoms in total. The highest BCUT2D eigenvalue weighted by atomic mass is 33.1. The number of hydrogen-bond donors (Lipinski definition) is 2. The second-order valence-corrected chi connectivity index (χ2v) is 8.86. The van der Waals surface area contributed by atoms with Crippen LogP contribution in [-0.4, -0.2) is 0 Å². The minimum atomic E-state index is 1.10. The molecule has 0 N–H and O–H groups in total. The van der Waals surface area contributed by atoms with E-state index in [9.17, 15) is 0 Å². The lowest BCUT2D eigenvalue weighted by atomic mass is 10.1. The minimum absolute atomic E-state index is 1.10. The predicted molar refractivity (Wildman–Crippen MR) is 81.9 cm³/mol. The van der Waals surface area contributed by atoms with Crippen molar-refractivity contribution in [1.82, 2.24) is 0 Å². The highest BCUT2D eigenvalue weighted by Gasteiger charge is 2.28. The average Bonchev–Trinajstić information content (AvgIpc) is 2.81. The van der Waals surface area contributed by atoms with Crippen molar-refractivity contribution >= 4 is 79.2 Å². The molecule has 0 amide bonds. The monoisotopic (exact) mass is 316 g/mol. The van der Waals surface area contributed by atoms with Crippen LogP contribution in [0.15, 0.2) is 41.5 Å². The quantitative estimate of drug-likeness (QED) is 0.476. The molecule has 0 bridgehead atoms. The third-order valence-electron chi connectivity index (χ3n) is 2.63. The molecule has 0 atom stereocenters. The molecule has 0 fully saturated rings. The molecule has 2 aromatic carbocycles. The molecule has 0 saturated heterocycles. The Kier molecular flexibility index (Phi) is 2.44. The second kappa shape index (κ2) is 3.65. The normalized spacial score (nSPS) is 16.4. The maximum Gasteiger partial charge on any atom is 0.0410 e. The van der Waals surface area contributed by atoms with E-state index in [1.54, 1.807) is 0 Å². The lowest BCUT2D eigenvalue weighted by molar-refractivity contribution is 1.19. The summed E-state index contributed by atoms with van der Waals surface area (Å²) in [5, 5.41) is 2.78. The maximum atomic E-state index is 4.58. The van der Waals surface area contributed by atoms with E-state index in [1.165, 1.54) is 30.4 Å². The van der Waals surface area contributed by atoms with Crippen LogP contribution in [0.3, 0.4) is 0 Å². The van der Waals surface area contributed by atoms with Crippen LogP contribution in [0.25, 0.3) is 10.8 Å². The fourth-order valence-corrected chi connectivity index (χ4v) is 8.38. The van der Waals surface area contributed by atoms with Gasteiger partial charge < -0.3 is 0 Å². The zero-order chi connectivity index (χ0) is 10.9. The summed E-state index contributed by atoms with van der Waals surface area (Å²) in [5.41, 5.74) is 0. The molecule has 0 radical (unpaired) electrons. The van der Waals surface area contributed by atoms with E-state index in [4.69, 9.17) is 0 Å². The topological polar surface area (TPSA) is 0 Å². The largest absolute Gasteiger partial charge is 0.142 e. The molecule has 16 heavy (non-hydrogen) atoms. The third-order valence-corrected chi connectivity index (χ3v) is 8.56. The maximum absolute atomic E-state index is 4.58. The van der Waals surface area contributed by atoms with Gasteiger partial charge in [0.15, 0.2) is 0 Å². The fraction of sp³-hybridized carbons (Fsp3) is 0. The molecule has 2 aliphatic rings. The van der Waals surface area contributed by atoms with E-state index in [-0.39, 0.29) is 0 Å². The van der Waals surface area contributed by atoms with Crippen molar-refractivity contribution in [2.45, 2.75) is 29.4 Å². The van der Waals surface area contributed by atoms with Gasteiger partial charge in [0, 0.05) is 40.1 Å². The summed E-state index contributed by atoms with van der Waals surface area (Å²) in [7, 11) is 7.27. The first-order chi connectivity index (χ1) is 7.75. The standard InChI is InChI=1S/C10H4S6/c11-3-1-5-7-8-6(14-15-9(3)8)2-4(12)10(7)16-13-5/h1-2,11-12H. The van der Waals surface area contributed by atoms with Crippen LogP contribution in [0.2, 0.25) is 0 Å². The van der Waals surface area contributed by atoms with Gasteiger partial charge in [-0.1, -0.05) is 43.2 Å². The lowest BCUT2D eigenvalue weighted by Gasteiger charge is -2.06. The zero-order valence-electron chi connectivity index (χ0n) is 7.68. The van der Waals surface area contributed by atoms with Gasteiger partial charge in [0.2, 0.25) is 0 Å². The summed E-state index contributed by atoms with van der Waals surface area (Å²) in [6, 6.07) is 4.37. The van der Waals surface area contributed by atoms with E-state index in [1.807, 2.05) is 43.2 Å². The van der Waals surface area contributed by atoms with E-state index in [2.05, 4.69) is 37.4 Å². The molecular weight excluding hydrogens is 313 g/mol. The molecule has 6 heteroatoms. The van der Waals surface area contributed by atoms with Crippen LogP contribution in [0, 0.1) is 0 Å². The van der Waals surface area contributed by atoms with Crippen LogP contribution in [0.5, 0.6) is 0 Å². The van der Waals surface area contributed by atoms with Gasteiger partial charge >= 0.3 is 0 Å². The summed E-state index contributed by atoms with van der Waals surface area (Å²) in [4.78, 5) is 7.52. The Labute approximate surface area is 120 Å². The molecule has 2 aliphatic heterocycles. The molecule has 0 saturated carbocycles. The number of hydrogen-bond acceptors (Lipinski definition) is 6. The van der Waals surface area contributed by atoms with E-state index < -0.39 is 0 Å². The molecule has 0 aliphatic carbocycles. The number of rotatable bonds is 0. The minimum Gasteiger partial charge on any atom is -0.142 e. The van der Waals surface area contributed by atoms with Crippen molar-refractivity contribution in [3.63, 3.8) is 0 Å². The van der Waals surface area contributed by atoms with Crippen molar-refractivity contribution in [3.05, 3.63) is 12.1 Å². The number of thiol groups is 2. The van der Waals surface area contributed by atoms with Gasteiger partial charge in [0.1, 0.15) is 0 Å². The van der Waals surface area contributed by atoms with Crippen LogP contribution in [0.1, 0.15) is 0 Å². The van der Waals surface area contributed by atoms with Crippen molar-refractivity contribution in [2.75, 3.05) is 0 Å². The van der Waals surface area contributed by atoms with Crippen molar-refractivity contribution < 1.29 is 0 Å². The summed E-state index contributed by atoms with van der Waals surface area (Å²) in [5.74, 6) is 0. The molecular formula is C10H4S6. The second-order valence-electron chi connectivity index (χ2n) is 3.53. The molecule has 0 aromatic heterocycles. The molecule has 0 unspecified atom stereocenters. The Morgan fingerprint density at radius 3 is 1.56 bits per heavy atom.